The van der Waals surface area contributed by atoms with E-state index in [1.165, 1.54) is 19.2 Å². The number of benzene rings is 1. The molecule has 1 unspecified atom stereocenters. The van der Waals surface area contributed by atoms with Crippen molar-refractivity contribution >= 4 is 11.6 Å². The maximum absolute atomic E-state index is 13.4. The first-order valence-electron chi connectivity index (χ1n) is 7.37. The van der Waals surface area contributed by atoms with E-state index in [-0.39, 0.29) is 11.4 Å². The zero-order chi connectivity index (χ0) is 17.3. The molecule has 0 saturated heterocycles. The van der Waals surface area contributed by atoms with Crippen LogP contribution in [0, 0.1) is 15.9 Å². The number of halogens is 1. The van der Waals surface area contributed by atoms with E-state index in [0.717, 1.165) is 10.9 Å². The highest BCUT2D eigenvalue weighted by Gasteiger charge is 2.29. The summed E-state index contributed by atoms with van der Waals surface area (Å²) in [5.41, 5.74) is 0.153. The monoisotopic (exact) mass is 334 g/mol. The minimum absolute atomic E-state index is 0.131. The number of hydrogen-bond acceptors (Lipinski definition) is 5. The van der Waals surface area contributed by atoms with Gasteiger partial charge in [-0.25, -0.2) is 4.39 Å². The molecule has 126 valence electrons. The molecule has 1 aliphatic heterocycles. The van der Waals surface area contributed by atoms with Gasteiger partial charge >= 0.3 is 5.69 Å². The van der Waals surface area contributed by atoms with Crippen molar-refractivity contribution in [1.29, 1.82) is 0 Å². The summed E-state index contributed by atoms with van der Waals surface area (Å²) in [7, 11) is 1.46. The van der Waals surface area contributed by atoms with Crippen LogP contribution in [0.2, 0.25) is 0 Å². The minimum Gasteiger partial charge on any atom is -0.493 e. The third-order valence-corrected chi connectivity index (χ3v) is 3.88. The molecule has 9 heteroatoms. The molecule has 2 aromatic rings. The van der Waals surface area contributed by atoms with Crippen LogP contribution in [0.15, 0.2) is 24.4 Å². The van der Waals surface area contributed by atoms with Crippen molar-refractivity contribution in [3.8, 4) is 5.75 Å². The predicted octanol–water partition coefficient (Wildman–Crippen LogP) is 2.11. The Morgan fingerprint density at radius 1 is 1.54 bits per heavy atom. The molecule has 1 atom stereocenters. The molecule has 2 heterocycles. The van der Waals surface area contributed by atoms with Crippen LogP contribution in [0.4, 0.5) is 10.1 Å². The molecule has 24 heavy (non-hydrogen) atoms. The zero-order valence-electron chi connectivity index (χ0n) is 12.9. The summed E-state index contributed by atoms with van der Waals surface area (Å²) in [6, 6.07) is 3.69. The molecule has 8 nitrogen and oxygen atoms in total. The highest BCUT2D eigenvalue weighted by molar-refractivity contribution is 5.96. The Hall–Kier alpha value is -2.97. The second kappa shape index (κ2) is 6.26. The van der Waals surface area contributed by atoms with E-state index in [4.69, 9.17) is 4.74 Å². The number of nitro groups is 1. The quantitative estimate of drug-likeness (QED) is 0.684. The Balaban J connectivity index is 1.90. The molecule has 1 aromatic carbocycles. The number of nitrogens with zero attached hydrogens (tertiary/aromatic N) is 3. The van der Waals surface area contributed by atoms with Crippen LogP contribution in [-0.4, -0.2) is 27.2 Å². The highest BCUT2D eigenvalue weighted by Crippen LogP contribution is 2.32. The molecule has 3 rings (SSSR count). The summed E-state index contributed by atoms with van der Waals surface area (Å²) in [4.78, 5) is 22.9. The fourth-order valence-corrected chi connectivity index (χ4v) is 2.75. The van der Waals surface area contributed by atoms with Crippen LogP contribution >= 0.6 is 0 Å². The van der Waals surface area contributed by atoms with Crippen LogP contribution in [-0.2, 0) is 7.05 Å². The second-order valence-corrected chi connectivity index (χ2v) is 5.46. The number of rotatable bonds is 3. The Morgan fingerprint density at radius 3 is 3.08 bits per heavy atom. The summed E-state index contributed by atoms with van der Waals surface area (Å²) in [6.07, 6.45) is 2.28. The lowest BCUT2D eigenvalue weighted by molar-refractivity contribution is -0.385. The van der Waals surface area contributed by atoms with Crippen molar-refractivity contribution in [3.63, 3.8) is 0 Å². The van der Waals surface area contributed by atoms with Crippen LogP contribution in [0.5, 0.6) is 5.75 Å². The van der Waals surface area contributed by atoms with Gasteiger partial charge in [0.1, 0.15) is 17.8 Å². The van der Waals surface area contributed by atoms with E-state index >= 15 is 0 Å². The van der Waals surface area contributed by atoms with Crippen LogP contribution in [0.3, 0.4) is 0 Å². The Kier molecular flexibility index (Phi) is 4.15. The summed E-state index contributed by atoms with van der Waals surface area (Å²) in [5, 5.41) is 17.6. The van der Waals surface area contributed by atoms with E-state index in [9.17, 15) is 19.3 Å². The van der Waals surface area contributed by atoms with E-state index in [2.05, 4.69) is 10.4 Å². The van der Waals surface area contributed by atoms with Gasteiger partial charge < -0.3 is 10.1 Å². The number of amides is 1. The topological polar surface area (TPSA) is 99.3 Å². The lowest BCUT2D eigenvalue weighted by Gasteiger charge is -2.18. The average molecular weight is 334 g/mol. The standard InChI is InChI=1S/C15H15FN4O4/c1-19-14(12(8-17-19)20(22)23)15(21)18-11-3-2-6-24-13-7-9(16)4-5-10(11)13/h4-5,7-8,11H,2-3,6H2,1H3,(H,18,21). The van der Waals surface area contributed by atoms with E-state index in [1.807, 2.05) is 0 Å². The lowest BCUT2D eigenvalue weighted by atomic mass is 10.0. The van der Waals surface area contributed by atoms with E-state index in [1.54, 1.807) is 6.07 Å². The van der Waals surface area contributed by atoms with Crippen molar-refractivity contribution in [3.05, 3.63) is 51.6 Å². The van der Waals surface area contributed by atoms with Gasteiger partial charge in [0.15, 0.2) is 0 Å². The first kappa shape index (κ1) is 15.9. The third kappa shape index (κ3) is 2.92. The number of nitrogens with one attached hydrogen (secondary N) is 1. The van der Waals surface area contributed by atoms with Gasteiger partial charge in [0.2, 0.25) is 5.69 Å². The van der Waals surface area contributed by atoms with Crippen molar-refractivity contribution in [2.24, 2.45) is 7.05 Å². The number of aryl methyl sites for hydroxylation is 1. The lowest BCUT2D eigenvalue weighted by Crippen LogP contribution is -2.30. The van der Waals surface area contributed by atoms with E-state index in [0.29, 0.717) is 30.8 Å². The third-order valence-electron chi connectivity index (χ3n) is 3.88. The molecule has 0 spiro atoms. The van der Waals surface area contributed by atoms with Crippen molar-refractivity contribution in [2.75, 3.05) is 6.61 Å². The molecule has 0 bridgehead atoms. The molecule has 1 N–H and O–H groups in total. The molecule has 0 radical (unpaired) electrons. The molecular formula is C15H15FN4O4. The Labute approximate surface area is 136 Å². The van der Waals surface area contributed by atoms with Crippen LogP contribution < -0.4 is 10.1 Å². The largest absolute Gasteiger partial charge is 0.493 e. The van der Waals surface area contributed by atoms with Crippen molar-refractivity contribution in [1.82, 2.24) is 15.1 Å². The fraction of sp³-hybridized carbons (Fsp3) is 0.333. The molecule has 1 aliphatic rings. The number of hydrogen-bond donors (Lipinski definition) is 1. The summed E-state index contributed by atoms with van der Waals surface area (Å²) >= 11 is 0. The van der Waals surface area contributed by atoms with Gasteiger partial charge in [-0.2, -0.15) is 5.10 Å². The molecule has 0 fully saturated rings. The maximum Gasteiger partial charge on any atom is 0.320 e. The summed E-state index contributed by atoms with van der Waals surface area (Å²) in [5.74, 6) is -0.663. The van der Waals surface area contributed by atoms with Crippen molar-refractivity contribution < 1.29 is 18.8 Å². The SMILES string of the molecule is Cn1ncc([N+](=O)[O-])c1C(=O)NC1CCCOc2cc(F)ccc21. The molecule has 1 amide bonds. The normalized spacial score (nSPS) is 16.7. The molecule has 1 aromatic heterocycles. The van der Waals surface area contributed by atoms with Crippen LogP contribution in [0.25, 0.3) is 0 Å². The van der Waals surface area contributed by atoms with Gasteiger partial charge in [-0.15, -0.1) is 0 Å². The number of carbonyl (C=O) groups excluding carboxylic acids is 1. The highest BCUT2D eigenvalue weighted by atomic mass is 19.1. The average Bonchev–Trinajstić information content (AvgIpc) is 2.82. The fourth-order valence-electron chi connectivity index (χ4n) is 2.75. The number of fused-ring (bicyclic) bond motifs is 1. The Bertz CT molecular complexity index is 805. The van der Waals surface area contributed by atoms with Gasteiger partial charge in [0.25, 0.3) is 5.91 Å². The zero-order valence-corrected chi connectivity index (χ0v) is 12.9. The molecule has 0 aliphatic carbocycles. The first-order chi connectivity index (χ1) is 11.5. The van der Waals surface area contributed by atoms with Gasteiger partial charge in [-0.1, -0.05) is 6.07 Å². The Morgan fingerprint density at radius 2 is 2.33 bits per heavy atom. The van der Waals surface area contributed by atoms with Crippen LogP contribution in [0.1, 0.15) is 34.9 Å². The first-order valence-corrected chi connectivity index (χ1v) is 7.37. The minimum atomic E-state index is -0.651. The smallest absolute Gasteiger partial charge is 0.320 e. The van der Waals surface area contributed by atoms with Gasteiger partial charge in [0.05, 0.1) is 17.6 Å². The van der Waals surface area contributed by atoms with Gasteiger partial charge in [-0.3, -0.25) is 19.6 Å². The van der Waals surface area contributed by atoms with Gasteiger partial charge in [-0.05, 0) is 18.9 Å². The second-order valence-electron chi connectivity index (χ2n) is 5.46. The summed E-state index contributed by atoms with van der Waals surface area (Å²) < 4.78 is 20.0. The van der Waals surface area contributed by atoms with Gasteiger partial charge in [0, 0.05) is 18.7 Å². The molecular weight excluding hydrogens is 319 g/mol. The maximum atomic E-state index is 13.4. The molecule has 0 saturated carbocycles. The predicted molar refractivity (Wildman–Crippen MR) is 81.2 cm³/mol. The van der Waals surface area contributed by atoms with E-state index < -0.39 is 22.7 Å². The number of carbonyl (C=O) groups is 1. The van der Waals surface area contributed by atoms with Crippen molar-refractivity contribution in [2.45, 2.75) is 18.9 Å². The summed E-state index contributed by atoms with van der Waals surface area (Å²) in [6.45, 7) is 0.411. The number of aromatic nitrogens is 2. The number of ether oxygens (including phenoxy) is 1.